The summed E-state index contributed by atoms with van der Waals surface area (Å²) in [7, 11) is 0. The highest BCUT2D eigenvalue weighted by atomic mass is 16.3. The number of benzene rings is 2. The van der Waals surface area contributed by atoms with E-state index in [4.69, 9.17) is 0 Å². The first kappa shape index (κ1) is 16.0. The van der Waals surface area contributed by atoms with E-state index in [9.17, 15) is 5.11 Å². The van der Waals surface area contributed by atoms with Gasteiger partial charge in [-0.3, -0.25) is 0 Å². The predicted octanol–water partition coefficient (Wildman–Crippen LogP) is 3.77. The molecular weight excluding hydrogens is 258 g/mol. The third kappa shape index (κ3) is 4.83. The smallest absolute Gasteiger partial charge is 0.0672 e. The van der Waals surface area contributed by atoms with Crippen LogP contribution in [-0.4, -0.2) is 23.8 Å². The molecule has 2 heteroatoms. The molecule has 0 fully saturated rings. The van der Waals surface area contributed by atoms with Crippen LogP contribution in [0, 0.1) is 5.92 Å². The molecule has 2 aromatic rings. The molecule has 1 atom stereocenters. The van der Waals surface area contributed by atoms with E-state index < -0.39 is 5.60 Å². The normalized spacial score (nSPS) is 14.5. The van der Waals surface area contributed by atoms with Crippen molar-refractivity contribution in [2.45, 2.75) is 39.2 Å². The molecule has 0 radical (unpaired) electrons. The second-order valence-corrected chi connectivity index (χ2v) is 6.66. The van der Waals surface area contributed by atoms with Gasteiger partial charge in [-0.1, -0.05) is 56.3 Å². The fourth-order valence-corrected chi connectivity index (χ4v) is 2.69. The molecule has 0 aromatic heterocycles. The summed E-state index contributed by atoms with van der Waals surface area (Å²) in [4.78, 5) is 0. The molecule has 0 saturated carbocycles. The number of aliphatic hydroxyl groups is 1. The van der Waals surface area contributed by atoms with Crippen molar-refractivity contribution >= 4 is 10.8 Å². The monoisotopic (exact) mass is 285 g/mol. The summed E-state index contributed by atoms with van der Waals surface area (Å²) >= 11 is 0. The summed E-state index contributed by atoms with van der Waals surface area (Å²) in [6, 6.07) is 14.7. The first-order chi connectivity index (χ1) is 9.98. The Morgan fingerprint density at radius 3 is 2.57 bits per heavy atom. The number of hydrogen-bond donors (Lipinski definition) is 2. The maximum absolute atomic E-state index is 10.7. The summed E-state index contributed by atoms with van der Waals surface area (Å²) in [5, 5.41) is 16.5. The van der Waals surface area contributed by atoms with Gasteiger partial charge in [-0.25, -0.2) is 0 Å². The van der Waals surface area contributed by atoms with Crippen LogP contribution in [0.5, 0.6) is 0 Å². The average molecular weight is 285 g/mol. The molecule has 0 spiro atoms. The zero-order chi connectivity index (χ0) is 15.3. The van der Waals surface area contributed by atoms with Crippen LogP contribution >= 0.6 is 0 Å². The van der Waals surface area contributed by atoms with Crippen LogP contribution in [0.4, 0.5) is 0 Å². The number of rotatable bonds is 7. The van der Waals surface area contributed by atoms with E-state index in [1.807, 2.05) is 6.92 Å². The number of fused-ring (bicyclic) bond motifs is 1. The minimum atomic E-state index is -0.673. The molecule has 21 heavy (non-hydrogen) atoms. The van der Waals surface area contributed by atoms with E-state index in [0.717, 1.165) is 19.5 Å². The van der Waals surface area contributed by atoms with Gasteiger partial charge in [0.05, 0.1) is 5.60 Å². The lowest BCUT2D eigenvalue weighted by Gasteiger charge is -2.24. The van der Waals surface area contributed by atoms with Crippen molar-refractivity contribution in [1.29, 1.82) is 0 Å². The molecule has 114 valence electrons. The Hall–Kier alpha value is -1.38. The zero-order valence-corrected chi connectivity index (χ0v) is 13.4. The molecule has 2 rings (SSSR count). The highest BCUT2D eigenvalue weighted by molar-refractivity contribution is 5.85. The van der Waals surface area contributed by atoms with Gasteiger partial charge in [0, 0.05) is 6.42 Å². The third-order valence-electron chi connectivity index (χ3n) is 3.84. The first-order valence-corrected chi connectivity index (χ1v) is 7.88. The zero-order valence-electron chi connectivity index (χ0n) is 13.4. The third-order valence-corrected chi connectivity index (χ3v) is 3.84. The second kappa shape index (κ2) is 7.06. The van der Waals surface area contributed by atoms with Gasteiger partial charge in [0.25, 0.3) is 0 Å². The Labute approximate surface area is 128 Å². The lowest BCUT2D eigenvalue weighted by Crippen LogP contribution is -2.33. The summed E-state index contributed by atoms with van der Waals surface area (Å²) in [5.41, 5.74) is 0.552. The molecule has 1 unspecified atom stereocenters. The number of hydrogen-bond acceptors (Lipinski definition) is 2. The van der Waals surface area contributed by atoms with E-state index in [0.29, 0.717) is 12.3 Å². The van der Waals surface area contributed by atoms with Crippen molar-refractivity contribution in [1.82, 2.24) is 5.32 Å². The molecule has 0 aliphatic heterocycles. The van der Waals surface area contributed by atoms with Crippen LogP contribution < -0.4 is 5.32 Å². The quantitative estimate of drug-likeness (QED) is 0.759. The fourth-order valence-electron chi connectivity index (χ4n) is 2.69. The van der Waals surface area contributed by atoms with Crippen LogP contribution in [0.1, 0.15) is 32.8 Å². The highest BCUT2D eigenvalue weighted by Gasteiger charge is 2.21. The van der Waals surface area contributed by atoms with E-state index in [-0.39, 0.29) is 0 Å². The molecular formula is C19H27NO. The van der Waals surface area contributed by atoms with Gasteiger partial charge in [-0.2, -0.15) is 0 Å². The van der Waals surface area contributed by atoms with E-state index in [1.165, 1.54) is 16.3 Å². The van der Waals surface area contributed by atoms with Crippen LogP contribution in [0.25, 0.3) is 10.8 Å². The van der Waals surface area contributed by atoms with E-state index in [2.05, 4.69) is 61.6 Å². The maximum Gasteiger partial charge on any atom is 0.0672 e. The largest absolute Gasteiger partial charge is 0.390 e. The summed E-state index contributed by atoms with van der Waals surface area (Å²) < 4.78 is 0. The van der Waals surface area contributed by atoms with Crippen molar-refractivity contribution in [3.8, 4) is 0 Å². The van der Waals surface area contributed by atoms with Gasteiger partial charge in [0.15, 0.2) is 0 Å². The average Bonchev–Trinajstić information content (AvgIpc) is 2.44. The lowest BCUT2D eigenvalue weighted by molar-refractivity contribution is 0.0517. The standard InChI is InChI=1S/C19H27NO/c1-15(2)14-20-12-11-19(3,21)13-17-9-6-8-16-7-4-5-10-18(16)17/h4-10,15,20-21H,11-14H2,1-3H3. The Kier molecular flexibility index (Phi) is 5.38. The van der Waals surface area contributed by atoms with Crippen molar-refractivity contribution in [2.24, 2.45) is 5.92 Å². The summed E-state index contributed by atoms with van der Waals surface area (Å²) in [6.45, 7) is 8.19. The molecule has 0 amide bonds. The Balaban J connectivity index is 2.01. The second-order valence-electron chi connectivity index (χ2n) is 6.66. The SMILES string of the molecule is CC(C)CNCCC(C)(O)Cc1cccc2ccccc12. The molecule has 2 N–H and O–H groups in total. The molecule has 2 nitrogen and oxygen atoms in total. The van der Waals surface area contributed by atoms with Gasteiger partial charge in [0.1, 0.15) is 0 Å². The predicted molar refractivity (Wildman–Crippen MR) is 90.6 cm³/mol. The van der Waals surface area contributed by atoms with Crippen molar-refractivity contribution in [2.75, 3.05) is 13.1 Å². The summed E-state index contributed by atoms with van der Waals surface area (Å²) in [5.74, 6) is 0.646. The van der Waals surface area contributed by atoms with Crippen LogP contribution in [0.15, 0.2) is 42.5 Å². The van der Waals surface area contributed by atoms with E-state index >= 15 is 0 Å². The van der Waals surface area contributed by atoms with Gasteiger partial charge in [-0.15, -0.1) is 0 Å². The topological polar surface area (TPSA) is 32.3 Å². The van der Waals surface area contributed by atoms with Crippen molar-refractivity contribution in [3.05, 3.63) is 48.0 Å². The van der Waals surface area contributed by atoms with Crippen LogP contribution in [0.2, 0.25) is 0 Å². The Morgan fingerprint density at radius 2 is 1.81 bits per heavy atom. The van der Waals surface area contributed by atoms with Crippen molar-refractivity contribution in [3.63, 3.8) is 0 Å². The highest BCUT2D eigenvalue weighted by Crippen LogP contribution is 2.24. The molecule has 0 saturated heterocycles. The number of nitrogens with one attached hydrogen (secondary N) is 1. The first-order valence-electron chi connectivity index (χ1n) is 7.88. The van der Waals surface area contributed by atoms with Gasteiger partial charge >= 0.3 is 0 Å². The molecule has 0 aliphatic rings. The Morgan fingerprint density at radius 1 is 1.10 bits per heavy atom. The molecule has 2 aromatic carbocycles. The molecule has 0 bridgehead atoms. The van der Waals surface area contributed by atoms with Crippen LogP contribution in [-0.2, 0) is 6.42 Å². The minimum absolute atomic E-state index is 0.646. The fraction of sp³-hybridized carbons (Fsp3) is 0.474. The van der Waals surface area contributed by atoms with Crippen molar-refractivity contribution < 1.29 is 5.11 Å². The van der Waals surface area contributed by atoms with E-state index in [1.54, 1.807) is 0 Å². The summed E-state index contributed by atoms with van der Waals surface area (Å²) in [6.07, 6.45) is 1.46. The minimum Gasteiger partial charge on any atom is -0.390 e. The molecule has 0 heterocycles. The van der Waals surface area contributed by atoms with Crippen LogP contribution in [0.3, 0.4) is 0 Å². The van der Waals surface area contributed by atoms with Gasteiger partial charge < -0.3 is 10.4 Å². The van der Waals surface area contributed by atoms with Gasteiger partial charge in [-0.05, 0) is 48.7 Å². The lowest BCUT2D eigenvalue weighted by atomic mass is 9.90. The maximum atomic E-state index is 10.7. The van der Waals surface area contributed by atoms with Gasteiger partial charge in [0.2, 0.25) is 0 Å². The Bertz CT molecular complexity index is 569. The molecule has 0 aliphatic carbocycles.